The molecule has 2 aromatic carbocycles. The Bertz CT molecular complexity index is 909. The predicted octanol–water partition coefficient (Wildman–Crippen LogP) is 3.52. The van der Waals surface area contributed by atoms with Gasteiger partial charge in [0, 0.05) is 41.1 Å². The minimum Gasteiger partial charge on any atom is -0.323 e. The summed E-state index contributed by atoms with van der Waals surface area (Å²) in [6.45, 7) is 5.59. The van der Waals surface area contributed by atoms with Crippen molar-refractivity contribution in [2.24, 2.45) is 0 Å². The third-order valence-electron chi connectivity index (χ3n) is 4.06. The van der Waals surface area contributed by atoms with Crippen molar-refractivity contribution in [1.82, 2.24) is 0 Å². The van der Waals surface area contributed by atoms with Crippen molar-refractivity contribution in [3.63, 3.8) is 0 Å². The predicted molar refractivity (Wildman–Crippen MR) is 108 cm³/mol. The van der Waals surface area contributed by atoms with Gasteiger partial charge in [0.25, 0.3) is 5.91 Å². The summed E-state index contributed by atoms with van der Waals surface area (Å²) >= 11 is 1.69. The van der Waals surface area contributed by atoms with Crippen molar-refractivity contribution in [3.8, 4) is 0 Å². The van der Waals surface area contributed by atoms with Gasteiger partial charge in [0.2, 0.25) is 11.8 Å². The van der Waals surface area contributed by atoms with E-state index in [1.54, 1.807) is 40.9 Å². The molecule has 0 atom stereocenters. The molecular formula is C20H19N3O3S. The van der Waals surface area contributed by atoms with Crippen molar-refractivity contribution < 1.29 is 14.4 Å². The van der Waals surface area contributed by atoms with Gasteiger partial charge in [0.1, 0.15) is 0 Å². The van der Waals surface area contributed by atoms with Gasteiger partial charge in [-0.05, 0) is 48.5 Å². The van der Waals surface area contributed by atoms with E-state index in [1.165, 1.54) is 13.0 Å². The second-order valence-corrected chi connectivity index (χ2v) is 7.06. The van der Waals surface area contributed by atoms with Crippen LogP contribution in [0.4, 0.5) is 17.1 Å². The summed E-state index contributed by atoms with van der Waals surface area (Å²) in [5.41, 5.74) is 2.48. The molecular weight excluding hydrogens is 362 g/mol. The summed E-state index contributed by atoms with van der Waals surface area (Å²) < 4.78 is 0. The van der Waals surface area contributed by atoms with E-state index in [-0.39, 0.29) is 17.7 Å². The van der Waals surface area contributed by atoms with Crippen LogP contribution >= 0.6 is 11.8 Å². The number of nitrogens with zero attached hydrogens (tertiary/aromatic N) is 1. The van der Waals surface area contributed by atoms with Gasteiger partial charge >= 0.3 is 0 Å². The summed E-state index contributed by atoms with van der Waals surface area (Å²) in [6.07, 6.45) is 1.18. The zero-order chi connectivity index (χ0) is 19.4. The summed E-state index contributed by atoms with van der Waals surface area (Å²) in [5.74, 6) is 0.258. The molecule has 138 valence electrons. The van der Waals surface area contributed by atoms with E-state index in [2.05, 4.69) is 17.2 Å². The molecule has 1 heterocycles. The smallest absolute Gasteiger partial charge is 0.255 e. The van der Waals surface area contributed by atoms with Crippen molar-refractivity contribution in [3.05, 3.63) is 60.7 Å². The fraction of sp³-hybridized carbons (Fsp3) is 0.150. The maximum Gasteiger partial charge on any atom is 0.255 e. The molecule has 27 heavy (non-hydrogen) atoms. The highest BCUT2D eigenvalue weighted by atomic mass is 32.2. The largest absolute Gasteiger partial charge is 0.323 e. The van der Waals surface area contributed by atoms with Crippen molar-refractivity contribution in [2.45, 2.75) is 11.8 Å². The maximum absolute atomic E-state index is 12.5. The number of rotatable bonds is 4. The SMILES string of the molecule is C=CC(=O)Nc1ccc(C(=O)Nc2ccc3c(c2)N(C(C)=O)CCS3)cc1. The van der Waals surface area contributed by atoms with E-state index < -0.39 is 0 Å². The molecule has 6 nitrogen and oxygen atoms in total. The lowest BCUT2D eigenvalue weighted by Crippen LogP contribution is -2.33. The van der Waals surface area contributed by atoms with Gasteiger partial charge in [-0.1, -0.05) is 6.58 Å². The lowest BCUT2D eigenvalue weighted by molar-refractivity contribution is -0.116. The Morgan fingerprint density at radius 2 is 1.78 bits per heavy atom. The van der Waals surface area contributed by atoms with Crippen LogP contribution in [-0.4, -0.2) is 30.0 Å². The van der Waals surface area contributed by atoms with E-state index in [0.717, 1.165) is 16.3 Å². The van der Waals surface area contributed by atoms with Crippen LogP contribution < -0.4 is 15.5 Å². The van der Waals surface area contributed by atoms with Crippen molar-refractivity contribution in [2.75, 3.05) is 27.8 Å². The minimum absolute atomic E-state index is 0.0165. The molecule has 0 saturated carbocycles. The number of fused-ring (bicyclic) bond motifs is 1. The van der Waals surface area contributed by atoms with Crippen LogP contribution in [-0.2, 0) is 9.59 Å². The molecule has 7 heteroatoms. The first kappa shape index (κ1) is 18.7. The molecule has 0 saturated heterocycles. The Balaban J connectivity index is 1.74. The maximum atomic E-state index is 12.5. The third-order valence-corrected chi connectivity index (χ3v) is 5.10. The van der Waals surface area contributed by atoms with E-state index in [9.17, 15) is 14.4 Å². The van der Waals surface area contributed by atoms with Crippen LogP contribution in [0.5, 0.6) is 0 Å². The molecule has 0 fully saturated rings. The molecule has 2 aromatic rings. The molecule has 0 aromatic heterocycles. The average Bonchev–Trinajstić information content (AvgIpc) is 2.67. The minimum atomic E-state index is -0.311. The summed E-state index contributed by atoms with van der Waals surface area (Å²) in [6, 6.07) is 12.1. The number of nitrogens with one attached hydrogen (secondary N) is 2. The number of benzene rings is 2. The van der Waals surface area contributed by atoms with Gasteiger partial charge in [0.15, 0.2) is 0 Å². The Morgan fingerprint density at radius 1 is 1.07 bits per heavy atom. The number of hydrogen-bond donors (Lipinski definition) is 2. The normalized spacial score (nSPS) is 12.7. The van der Waals surface area contributed by atoms with Gasteiger partial charge in [-0.3, -0.25) is 14.4 Å². The van der Waals surface area contributed by atoms with Gasteiger partial charge in [-0.2, -0.15) is 0 Å². The molecule has 3 amide bonds. The third kappa shape index (κ3) is 4.38. The van der Waals surface area contributed by atoms with Crippen LogP contribution in [0, 0.1) is 0 Å². The van der Waals surface area contributed by atoms with Crippen LogP contribution in [0.15, 0.2) is 60.0 Å². The van der Waals surface area contributed by atoms with E-state index in [4.69, 9.17) is 0 Å². The van der Waals surface area contributed by atoms with E-state index >= 15 is 0 Å². The second kappa shape index (κ2) is 8.09. The number of anilines is 3. The number of thioether (sulfide) groups is 1. The topological polar surface area (TPSA) is 78.5 Å². The molecule has 0 spiro atoms. The Kier molecular flexibility index (Phi) is 5.61. The van der Waals surface area contributed by atoms with Crippen LogP contribution in [0.2, 0.25) is 0 Å². The van der Waals surface area contributed by atoms with Crippen LogP contribution in [0.25, 0.3) is 0 Å². The monoisotopic (exact) mass is 381 g/mol. The first-order chi connectivity index (χ1) is 13.0. The zero-order valence-corrected chi connectivity index (χ0v) is 15.6. The van der Waals surface area contributed by atoms with Gasteiger partial charge < -0.3 is 15.5 Å². The highest BCUT2D eigenvalue weighted by Crippen LogP contribution is 2.36. The van der Waals surface area contributed by atoms with Crippen molar-refractivity contribution >= 4 is 46.5 Å². The van der Waals surface area contributed by atoms with Crippen LogP contribution in [0.1, 0.15) is 17.3 Å². The molecule has 0 aliphatic carbocycles. The molecule has 1 aliphatic heterocycles. The van der Waals surface area contributed by atoms with E-state index in [0.29, 0.717) is 23.5 Å². The molecule has 1 aliphatic rings. The highest BCUT2D eigenvalue weighted by molar-refractivity contribution is 7.99. The van der Waals surface area contributed by atoms with Gasteiger partial charge in [0.05, 0.1) is 5.69 Å². The van der Waals surface area contributed by atoms with Gasteiger partial charge in [-0.15, -0.1) is 11.8 Å². The first-order valence-corrected chi connectivity index (χ1v) is 9.36. The quantitative estimate of drug-likeness (QED) is 0.795. The Labute approximate surface area is 161 Å². The highest BCUT2D eigenvalue weighted by Gasteiger charge is 2.21. The average molecular weight is 381 g/mol. The molecule has 3 rings (SSSR count). The summed E-state index contributed by atoms with van der Waals surface area (Å²) in [4.78, 5) is 38.4. The summed E-state index contributed by atoms with van der Waals surface area (Å²) in [7, 11) is 0. The fourth-order valence-electron chi connectivity index (χ4n) is 2.72. The Morgan fingerprint density at radius 3 is 2.44 bits per heavy atom. The second-order valence-electron chi connectivity index (χ2n) is 5.93. The van der Waals surface area contributed by atoms with Crippen LogP contribution in [0.3, 0.4) is 0 Å². The number of amides is 3. The molecule has 0 unspecified atom stereocenters. The fourth-order valence-corrected chi connectivity index (χ4v) is 3.70. The number of carbonyl (C=O) groups excluding carboxylic acids is 3. The standard InChI is InChI=1S/C20H19N3O3S/c1-3-19(25)21-15-6-4-14(5-7-15)20(26)22-16-8-9-18-17(12-16)23(13(2)24)10-11-27-18/h3-9,12H,1,10-11H2,2H3,(H,21,25)(H,22,26). The lowest BCUT2D eigenvalue weighted by atomic mass is 10.1. The molecule has 0 bridgehead atoms. The Hall–Kier alpha value is -3.06. The van der Waals surface area contributed by atoms with E-state index in [1.807, 2.05) is 18.2 Å². The number of hydrogen-bond acceptors (Lipinski definition) is 4. The number of carbonyl (C=O) groups is 3. The van der Waals surface area contributed by atoms with Crippen molar-refractivity contribution in [1.29, 1.82) is 0 Å². The first-order valence-electron chi connectivity index (χ1n) is 8.37. The zero-order valence-electron chi connectivity index (χ0n) is 14.8. The lowest BCUT2D eigenvalue weighted by Gasteiger charge is -2.28. The molecule has 0 radical (unpaired) electrons. The molecule has 2 N–H and O–H groups in total. The summed E-state index contributed by atoms with van der Waals surface area (Å²) in [5, 5.41) is 5.48. The van der Waals surface area contributed by atoms with Gasteiger partial charge in [-0.25, -0.2) is 0 Å².